The van der Waals surface area contributed by atoms with Gasteiger partial charge in [-0.05, 0) is 51.4 Å². The zero-order valence-electron chi connectivity index (χ0n) is 48.0. The molecule has 0 N–H and O–H groups in total. The van der Waals surface area contributed by atoms with Crippen LogP contribution in [-0.2, 0) is 28.6 Å². The summed E-state index contributed by atoms with van der Waals surface area (Å²) in [7, 11) is 0. The van der Waals surface area contributed by atoms with Crippen molar-refractivity contribution in [2.75, 3.05) is 13.2 Å². The lowest BCUT2D eigenvalue weighted by atomic mass is 10.0. The van der Waals surface area contributed by atoms with Gasteiger partial charge in [0.05, 0.1) is 0 Å². The Morgan fingerprint density at radius 2 is 0.507 bits per heavy atom. The first kappa shape index (κ1) is 68.9. The van der Waals surface area contributed by atoms with Crippen molar-refractivity contribution in [3.8, 4) is 0 Å². The van der Waals surface area contributed by atoms with Gasteiger partial charge < -0.3 is 14.2 Å². The van der Waals surface area contributed by atoms with Gasteiger partial charge in [0.25, 0.3) is 0 Å². The van der Waals surface area contributed by atoms with Crippen molar-refractivity contribution < 1.29 is 28.6 Å². The smallest absolute Gasteiger partial charge is 0.306 e. The second-order valence-corrected chi connectivity index (χ2v) is 21.7. The minimum Gasteiger partial charge on any atom is -0.462 e. The van der Waals surface area contributed by atoms with Gasteiger partial charge >= 0.3 is 17.9 Å². The minimum atomic E-state index is -0.773. The number of unbranched alkanes of at least 4 members (excludes halogenated alkanes) is 44. The Balaban J connectivity index is 4.31. The van der Waals surface area contributed by atoms with E-state index in [1.54, 1.807) is 0 Å². The normalized spacial score (nSPS) is 12.1. The lowest BCUT2D eigenvalue weighted by Crippen LogP contribution is -2.30. The molecule has 0 heterocycles. The molecule has 0 amide bonds. The Kier molecular flexibility index (Phi) is 58.6. The van der Waals surface area contributed by atoms with Crippen LogP contribution >= 0.6 is 0 Å². The summed E-state index contributed by atoms with van der Waals surface area (Å²) in [5, 5.41) is 0. The van der Waals surface area contributed by atoms with E-state index in [9.17, 15) is 14.4 Å². The van der Waals surface area contributed by atoms with Crippen LogP contribution in [0.1, 0.15) is 355 Å². The molecule has 0 rings (SSSR count). The third-order valence-corrected chi connectivity index (χ3v) is 14.5. The first-order valence-electron chi connectivity index (χ1n) is 31.8. The van der Waals surface area contributed by atoms with E-state index in [-0.39, 0.29) is 31.1 Å². The fraction of sp³-hybridized carbons (Fsp3) is 0.892. The molecule has 0 bridgehead atoms. The highest BCUT2D eigenvalue weighted by Crippen LogP contribution is 2.18. The summed E-state index contributed by atoms with van der Waals surface area (Å²) in [5.41, 5.74) is 0. The molecule has 0 aromatic carbocycles. The van der Waals surface area contributed by atoms with Gasteiger partial charge in [0.1, 0.15) is 13.2 Å². The molecule has 418 valence electrons. The molecule has 1 atom stereocenters. The van der Waals surface area contributed by atoms with Crippen molar-refractivity contribution in [3.05, 3.63) is 24.3 Å². The number of carbonyl (C=O) groups is 3. The average Bonchev–Trinajstić information content (AvgIpc) is 3.37. The molecule has 0 saturated heterocycles. The number of carbonyl (C=O) groups excluding carboxylic acids is 3. The number of hydrogen-bond acceptors (Lipinski definition) is 6. The molecule has 1 unspecified atom stereocenters. The van der Waals surface area contributed by atoms with Crippen LogP contribution < -0.4 is 0 Å². The Hall–Kier alpha value is -2.11. The van der Waals surface area contributed by atoms with E-state index >= 15 is 0 Å². The Bertz CT molecular complexity index is 1150. The van der Waals surface area contributed by atoms with Crippen LogP contribution in [0.4, 0.5) is 0 Å². The molecule has 0 radical (unpaired) electrons. The third-order valence-electron chi connectivity index (χ3n) is 14.5. The van der Waals surface area contributed by atoms with E-state index in [0.717, 1.165) is 77.0 Å². The molecular formula is C65H122O6. The zero-order valence-corrected chi connectivity index (χ0v) is 48.0. The molecule has 71 heavy (non-hydrogen) atoms. The molecule has 0 aliphatic carbocycles. The first-order valence-corrected chi connectivity index (χ1v) is 31.8. The number of ether oxygens (including phenoxy) is 3. The average molecular weight is 1000 g/mol. The topological polar surface area (TPSA) is 78.9 Å². The van der Waals surface area contributed by atoms with E-state index in [0.29, 0.717) is 19.3 Å². The van der Waals surface area contributed by atoms with Crippen molar-refractivity contribution in [1.82, 2.24) is 0 Å². The quantitative estimate of drug-likeness (QED) is 0.0261. The SMILES string of the molecule is CCCCC/C=C\C/C=C\CCCCCCCC(=O)OCC(COC(=O)CCCCCCCCCCCCCCCCCCCCC)OC(=O)CCCCCCCCCCCCCCCCCCCCC. The van der Waals surface area contributed by atoms with Crippen molar-refractivity contribution >= 4 is 17.9 Å². The largest absolute Gasteiger partial charge is 0.462 e. The zero-order chi connectivity index (χ0) is 51.4. The Morgan fingerprint density at radius 3 is 0.803 bits per heavy atom. The van der Waals surface area contributed by atoms with E-state index in [1.807, 2.05) is 0 Å². The summed E-state index contributed by atoms with van der Waals surface area (Å²) >= 11 is 0. The summed E-state index contributed by atoms with van der Waals surface area (Å²) < 4.78 is 16.9. The van der Waals surface area contributed by atoms with Gasteiger partial charge in [-0.3, -0.25) is 14.4 Å². The van der Waals surface area contributed by atoms with Gasteiger partial charge in [-0.25, -0.2) is 0 Å². The van der Waals surface area contributed by atoms with Gasteiger partial charge in [-0.1, -0.05) is 308 Å². The summed E-state index contributed by atoms with van der Waals surface area (Å²) in [4.78, 5) is 38.3. The predicted molar refractivity (Wildman–Crippen MR) is 307 cm³/mol. The fourth-order valence-corrected chi connectivity index (χ4v) is 9.65. The molecule has 0 aliphatic rings. The standard InChI is InChI=1S/C65H122O6/c1-4-7-10-13-16-19-22-25-28-30-32-34-37-40-43-46-49-52-55-58-64(67)70-61-62(60-69-63(66)57-54-51-48-45-42-39-36-27-24-21-18-15-12-9-6-3)71-65(68)59-56-53-50-47-44-41-38-35-33-31-29-26-23-20-17-14-11-8-5-2/h18,21,27,36,62H,4-17,19-20,22-26,28-35,37-61H2,1-3H3/b21-18-,36-27-. The molecule has 6 heteroatoms. The van der Waals surface area contributed by atoms with Gasteiger partial charge in [0, 0.05) is 19.3 Å². The van der Waals surface area contributed by atoms with Gasteiger partial charge in [0.15, 0.2) is 6.10 Å². The second-order valence-electron chi connectivity index (χ2n) is 21.7. The predicted octanol–water partition coefficient (Wildman–Crippen LogP) is 21.4. The third kappa shape index (κ3) is 58.7. The van der Waals surface area contributed by atoms with E-state index in [4.69, 9.17) is 14.2 Å². The lowest BCUT2D eigenvalue weighted by Gasteiger charge is -2.18. The molecule has 0 aromatic heterocycles. The maximum atomic E-state index is 12.9. The summed E-state index contributed by atoms with van der Waals surface area (Å²) in [6.07, 6.45) is 71.8. The number of hydrogen-bond donors (Lipinski definition) is 0. The lowest BCUT2D eigenvalue weighted by molar-refractivity contribution is -0.167. The monoisotopic (exact) mass is 999 g/mol. The molecular weight excluding hydrogens is 877 g/mol. The molecule has 0 fully saturated rings. The van der Waals surface area contributed by atoms with E-state index in [1.165, 1.54) is 238 Å². The fourth-order valence-electron chi connectivity index (χ4n) is 9.65. The number of esters is 3. The van der Waals surface area contributed by atoms with Gasteiger partial charge in [-0.15, -0.1) is 0 Å². The van der Waals surface area contributed by atoms with Gasteiger partial charge in [0.2, 0.25) is 0 Å². The maximum Gasteiger partial charge on any atom is 0.306 e. The van der Waals surface area contributed by atoms with Crippen LogP contribution in [0.5, 0.6) is 0 Å². The number of allylic oxidation sites excluding steroid dienone is 4. The first-order chi connectivity index (χ1) is 35.0. The minimum absolute atomic E-state index is 0.0696. The molecule has 0 aliphatic heterocycles. The molecule has 0 spiro atoms. The van der Waals surface area contributed by atoms with Crippen LogP contribution in [0.3, 0.4) is 0 Å². The van der Waals surface area contributed by atoms with Crippen molar-refractivity contribution in [3.63, 3.8) is 0 Å². The number of rotatable bonds is 59. The Labute approximate surface area is 443 Å². The van der Waals surface area contributed by atoms with Crippen LogP contribution in [0.15, 0.2) is 24.3 Å². The van der Waals surface area contributed by atoms with Crippen molar-refractivity contribution in [2.24, 2.45) is 0 Å². The molecule has 6 nitrogen and oxygen atoms in total. The van der Waals surface area contributed by atoms with Crippen molar-refractivity contribution in [1.29, 1.82) is 0 Å². The van der Waals surface area contributed by atoms with Gasteiger partial charge in [-0.2, -0.15) is 0 Å². The maximum absolute atomic E-state index is 12.9. The highest BCUT2D eigenvalue weighted by atomic mass is 16.6. The molecule has 0 aromatic rings. The van der Waals surface area contributed by atoms with Crippen LogP contribution in [0, 0.1) is 0 Å². The van der Waals surface area contributed by atoms with Crippen LogP contribution in [0.25, 0.3) is 0 Å². The van der Waals surface area contributed by atoms with Crippen molar-refractivity contribution in [2.45, 2.75) is 361 Å². The summed E-state index contributed by atoms with van der Waals surface area (Å²) in [6.45, 7) is 6.67. The van der Waals surface area contributed by atoms with E-state index < -0.39 is 6.10 Å². The van der Waals surface area contributed by atoms with Crippen LogP contribution in [0.2, 0.25) is 0 Å². The summed E-state index contributed by atoms with van der Waals surface area (Å²) in [6, 6.07) is 0. The molecule has 0 saturated carbocycles. The van der Waals surface area contributed by atoms with E-state index in [2.05, 4.69) is 45.1 Å². The highest BCUT2D eigenvalue weighted by molar-refractivity contribution is 5.71. The van der Waals surface area contributed by atoms with Crippen LogP contribution in [-0.4, -0.2) is 37.2 Å². The highest BCUT2D eigenvalue weighted by Gasteiger charge is 2.19. The summed E-state index contributed by atoms with van der Waals surface area (Å²) in [5.74, 6) is -0.856. The second kappa shape index (κ2) is 60.4. The Morgan fingerprint density at radius 1 is 0.282 bits per heavy atom.